The van der Waals surface area contributed by atoms with Crippen LogP contribution in [0.3, 0.4) is 0 Å². The van der Waals surface area contributed by atoms with Gasteiger partial charge in [0.05, 0.1) is 6.04 Å². The number of hydrogen-bond donors (Lipinski definition) is 3. The Morgan fingerprint density at radius 1 is 0.827 bits per heavy atom. The third kappa shape index (κ3) is 10.8. The van der Waals surface area contributed by atoms with Crippen molar-refractivity contribution in [3.63, 3.8) is 0 Å². The molecule has 4 rings (SSSR count). The van der Waals surface area contributed by atoms with Gasteiger partial charge in [-0.1, -0.05) is 6.07 Å². The molecule has 2 aliphatic heterocycles. The predicted octanol–water partition coefficient (Wildman–Crippen LogP) is 6.44. The number of carbonyl (C=O) groups is 6. The molecule has 0 radical (unpaired) electrons. The van der Waals surface area contributed by atoms with Crippen LogP contribution < -0.4 is 16.0 Å². The second-order valence-corrected chi connectivity index (χ2v) is 16.9. The monoisotopic (exact) mass is 727 g/mol. The van der Waals surface area contributed by atoms with Crippen molar-refractivity contribution in [3.8, 4) is 0 Å². The molecule has 2 fully saturated rings. The minimum absolute atomic E-state index is 0.00789. The summed E-state index contributed by atoms with van der Waals surface area (Å²) in [4.78, 5) is 80.3. The number of alkyl carbamates (subject to hydrolysis) is 1. The molecule has 3 N–H and O–H groups in total. The van der Waals surface area contributed by atoms with Crippen molar-refractivity contribution in [2.45, 2.75) is 149 Å². The summed E-state index contributed by atoms with van der Waals surface area (Å²) in [6.07, 6.45) is 2.14. The van der Waals surface area contributed by atoms with E-state index >= 15 is 0 Å². The first-order chi connectivity index (χ1) is 24.1. The average Bonchev–Trinajstić information content (AvgIpc) is 3.29. The van der Waals surface area contributed by atoms with Gasteiger partial charge < -0.3 is 29.7 Å². The molecule has 52 heavy (non-hydrogen) atoms. The molecule has 2 atom stereocenters. The van der Waals surface area contributed by atoms with Gasteiger partial charge in [0.25, 0.3) is 5.91 Å². The van der Waals surface area contributed by atoms with Crippen LogP contribution >= 0.6 is 0 Å². The van der Waals surface area contributed by atoms with E-state index in [9.17, 15) is 28.8 Å². The molecule has 14 nitrogen and oxygen atoms in total. The molecule has 1 saturated carbocycles. The number of fused-ring (bicyclic) bond motifs is 1. The van der Waals surface area contributed by atoms with Gasteiger partial charge in [0.1, 0.15) is 22.8 Å². The third-order valence-corrected chi connectivity index (χ3v) is 9.00. The van der Waals surface area contributed by atoms with Crippen LogP contribution in [0.5, 0.6) is 0 Å². The maximum absolute atomic E-state index is 14.1. The Hall–Kier alpha value is -4.36. The van der Waals surface area contributed by atoms with E-state index in [1.54, 1.807) is 58.6 Å². The highest BCUT2D eigenvalue weighted by molar-refractivity contribution is 6.06. The number of hydrogen-bond acceptors (Lipinski definition) is 10. The molecule has 1 aromatic rings. The highest BCUT2D eigenvalue weighted by Gasteiger charge is 2.49. The molecule has 1 aliphatic carbocycles. The minimum atomic E-state index is -0.796. The van der Waals surface area contributed by atoms with Crippen LogP contribution in [0.1, 0.15) is 136 Å². The molecule has 14 heteroatoms. The van der Waals surface area contributed by atoms with Crippen LogP contribution in [-0.2, 0) is 23.8 Å². The average molecular weight is 728 g/mol. The van der Waals surface area contributed by atoms with Gasteiger partial charge in [-0.2, -0.15) is 0 Å². The first-order valence-electron chi connectivity index (χ1n) is 18.4. The Labute approximate surface area is 307 Å². The molecule has 6 amide bonds. The van der Waals surface area contributed by atoms with Gasteiger partial charge in [-0.3, -0.25) is 19.7 Å². The molecule has 0 unspecified atom stereocenters. The van der Waals surface area contributed by atoms with Crippen molar-refractivity contribution in [1.29, 1.82) is 0 Å². The zero-order valence-electron chi connectivity index (χ0n) is 32.2. The number of ether oxygens (including phenoxy) is 3. The third-order valence-electron chi connectivity index (χ3n) is 9.00. The topological polar surface area (TPSA) is 173 Å². The quantitative estimate of drug-likeness (QED) is 0.146. The minimum Gasteiger partial charge on any atom is -0.444 e. The second kappa shape index (κ2) is 16.1. The summed E-state index contributed by atoms with van der Waals surface area (Å²) in [5.74, 6) is -1.09. The molecule has 0 bridgehead atoms. The van der Waals surface area contributed by atoms with Crippen LogP contribution in [-0.4, -0.2) is 87.8 Å². The Morgan fingerprint density at radius 3 is 1.98 bits per heavy atom. The van der Waals surface area contributed by atoms with E-state index in [-0.39, 0.29) is 43.2 Å². The van der Waals surface area contributed by atoms with Crippen molar-refractivity contribution >= 4 is 41.7 Å². The van der Waals surface area contributed by atoms with Gasteiger partial charge in [0.2, 0.25) is 11.8 Å². The van der Waals surface area contributed by atoms with E-state index < -0.39 is 53.1 Å². The number of carbonyl (C=O) groups excluding carboxylic acids is 6. The molecule has 1 aromatic carbocycles. The Kier molecular flexibility index (Phi) is 12.5. The van der Waals surface area contributed by atoms with Gasteiger partial charge >= 0.3 is 18.3 Å². The number of amides is 6. The fourth-order valence-corrected chi connectivity index (χ4v) is 6.94. The molecule has 1 saturated heterocycles. The van der Waals surface area contributed by atoms with Gasteiger partial charge in [-0.05, 0) is 125 Å². The first kappa shape index (κ1) is 40.4. The number of rotatable bonds is 9. The van der Waals surface area contributed by atoms with Crippen LogP contribution in [0.25, 0.3) is 0 Å². The fourth-order valence-electron chi connectivity index (χ4n) is 6.94. The lowest BCUT2D eigenvalue weighted by Crippen LogP contribution is -2.54. The van der Waals surface area contributed by atoms with E-state index in [0.717, 1.165) is 16.2 Å². The predicted molar refractivity (Wildman–Crippen MR) is 194 cm³/mol. The van der Waals surface area contributed by atoms with Gasteiger partial charge in [0.15, 0.2) is 0 Å². The molecule has 288 valence electrons. The number of imide groups is 2. The van der Waals surface area contributed by atoms with Crippen LogP contribution in [0.2, 0.25) is 0 Å². The molecular formula is C38H57N5O9. The Balaban J connectivity index is 1.50. The second-order valence-electron chi connectivity index (χ2n) is 16.9. The highest BCUT2D eigenvalue weighted by atomic mass is 16.6. The largest absolute Gasteiger partial charge is 0.444 e. The molecule has 2 heterocycles. The molecule has 0 spiro atoms. The lowest BCUT2D eigenvalue weighted by molar-refractivity contribution is -0.137. The summed E-state index contributed by atoms with van der Waals surface area (Å²) in [5.41, 5.74) is -0.126. The van der Waals surface area contributed by atoms with Crippen molar-refractivity contribution in [2.75, 3.05) is 18.4 Å². The van der Waals surface area contributed by atoms with E-state index in [1.165, 1.54) is 0 Å². The highest BCUT2D eigenvalue weighted by Crippen LogP contribution is 2.48. The SMILES string of the molecule is CC(C)(C)OC(=O)NC1CCC([C@H]2c3c(NCCCCN(C(=O)OC(C)(C)C)C(=O)OC(C)(C)C)cccc3C(=O)N2[C@H]2CCC(=O)NC2=O)CC1. The maximum atomic E-state index is 14.1. The summed E-state index contributed by atoms with van der Waals surface area (Å²) in [6.45, 7) is 16.4. The normalized spacial score (nSPS) is 22.2. The summed E-state index contributed by atoms with van der Waals surface area (Å²) in [7, 11) is 0. The van der Waals surface area contributed by atoms with Gasteiger partial charge in [-0.15, -0.1) is 0 Å². The zero-order valence-corrected chi connectivity index (χ0v) is 32.2. The van der Waals surface area contributed by atoms with E-state index in [1.807, 2.05) is 26.8 Å². The van der Waals surface area contributed by atoms with E-state index in [2.05, 4.69) is 16.0 Å². The number of benzene rings is 1. The van der Waals surface area contributed by atoms with Crippen molar-refractivity contribution < 1.29 is 43.0 Å². The summed E-state index contributed by atoms with van der Waals surface area (Å²) in [5, 5.41) is 8.88. The molecule has 3 aliphatic rings. The molecule has 0 aromatic heterocycles. The lowest BCUT2D eigenvalue weighted by atomic mass is 9.78. The smallest absolute Gasteiger partial charge is 0.419 e. The standard InChI is InChI=1S/C38H57N5O9/c1-36(2,3)50-33(47)40-24-17-15-23(16-18-24)30-29-25(32(46)43(30)27-19-20-28(44)41-31(27)45)13-12-14-26(29)39-21-10-11-22-42(34(48)51-37(4,5)6)35(49)52-38(7,8)9/h12-14,23-24,27,30,39H,10-11,15-22H2,1-9H3,(H,40,47)(H,41,44,45)/t23?,24?,27-,30-/m0/s1. The summed E-state index contributed by atoms with van der Waals surface area (Å²) < 4.78 is 16.4. The molecular weight excluding hydrogens is 670 g/mol. The Bertz CT molecular complexity index is 1490. The number of nitrogens with one attached hydrogen (secondary N) is 3. The van der Waals surface area contributed by atoms with E-state index in [0.29, 0.717) is 50.6 Å². The van der Waals surface area contributed by atoms with Gasteiger partial charge in [-0.25, -0.2) is 19.3 Å². The summed E-state index contributed by atoms with van der Waals surface area (Å²) in [6, 6.07) is 4.19. The van der Waals surface area contributed by atoms with Crippen molar-refractivity contribution in [3.05, 3.63) is 29.3 Å². The number of anilines is 1. The van der Waals surface area contributed by atoms with E-state index in [4.69, 9.17) is 14.2 Å². The zero-order chi connectivity index (χ0) is 38.6. The van der Waals surface area contributed by atoms with Crippen molar-refractivity contribution in [1.82, 2.24) is 20.4 Å². The van der Waals surface area contributed by atoms with Crippen LogP contribution in [0, 0.1) is 5.92 Å². The van der Waals surface area contributed by atoms with Crippen molar-refractivity contribution in [2.24, 2.45) is 5.92 Å². The van der Waals surface area contributed by atoms with Crippen LogP contribution in [0.15, 0.2) is 18.2 Å². The Morgan fingerprint density at radius 2 is 1.42 bits per heavy atom. The summed E-state index contributed by atoms with van der Waals surface area (Å²) >= 11 is 0. The van der Waals surface area contributed by atoms with Crippen LogP contribution in [0.4, 0.5) is 20.1 Å². The maximum Gasteiger partial charge on any atom is 0.419 e. The first-order valence-corrected chi connectivity index (χ1v) is 18.4. The van der Waals surface area contributed by atoms with Gasteiger partial charge in [0, 0.05) is 42.4 Å². The lowest BCUT2D eigenvalue weighted by Gasteiger charge is -2.41. The fraction of sp³-hybridized carbons (Fsp3) is 0.684. The number of unbranched alkanes of at least 4 members (excludes halogenated alkanes) is 1. The number of piperidine rings is 1. The number of nitrogens with zero attached hydrogens (tertiary/aromatic N) is 2.